The lowest BCUT2D eigenvalue weighted by molar-refractivity contribution is -0.120. The fraction of sp³-hybridized carbons (Fsp3) is 0.364. The number of carbonyl (C=O) groups is 1. The van der Waals surface area contributed by atoms with Crippen LogP contribution in [0.15, 0.2) is 35.5 Å². The summed E-state index contributed by atoms with van der Waals surface area (Å²) >= 11 is 3.22. The summed E-state index contributed by atoms with van der Waals surface area (Å²) in [6.07, 6.45) is 4.69. The van der Waals surface area contributed by atoms with Gasteiger partial charge in [0.1, 0.15) is 10.7 Å². The number of fused-ring (bicyclic) bond motifs is 5. The van der Waals surface area contributed by atoms with E-state index in [1.54, 1.807) is 11.3 Å². The minimum absolute atomic E-state index is 0.0137. The summed E-state index contributed by atoms with van der Waals surface area (Å²) < 4.78 is 2.01. The Labute approximate surface area is 183 Å². The van der Waals surface area contributed by atoms with Crippen molar-refractivity contribution in [3.05, 3.63) is 52.2 Å². The van der Waals surface area contributed by atoms with Gasteiger partial charge < -0.3 is 5.32 Å². The van der Waals surface area contributed by atoms with Gasteiger partial charge in [0.2, 0.25) is 5.91 Å². The molecule has 0 saturated carbocycles. The van der Waals surface area contributed by atoms with Gasteiger partial charge in [0, 0.05) is 11.4 Å². The van der Waals surface area contributed by atoms with Crippen LogP contribution in [0, 0.1) is 6.92 Å². The first-order valence-electron chi connectivity index (χ1n) is 10.3. The zero-order valence-corrected chi connectivity index (χ0v) is 18.6. The molecular formula is C22H23N5OS2. The van der Waals surface area contributed by atoms with Crippen molar-refractivity contribution in [2.45, 2.75) is 56.5 Å². The highest BCUT2D eigenvalue weighted by molar-refractivity contribution is 8.00. The van der Waals surface area contributed by atoms with E-state index in [-0.39, 0.29) is 11.2 Å². The fourth-order valence-corrected chi connectivity index (χ4v) is 6.22. The molecule has 1 aliphatic carbocycles. The second-order valence-corrected chi connectivity index (χ2v) is 10.0. The summed E-state index contributed by atoms with van der Waals surface area (Å²) in [7, 11) is 0. The summed E-state index contributed by atoms with van der Waals surface area (Å²) in [6, 6.07) is 9.93. The molecule has 0 aliphatic heterocycles. The zero-order chi connectivity index (χ0) is 20.7. The molecule has 0 radical (unpaired) electrons. The van der Waals surface area contributed by atoms with Gasteiger partial charge in [-0.15, -0.1) is 21.5 Å². The van der Waals surface area contributed by atoms with Crippen LogP contribution < -0.4 is 5.32 Å². The molecule has 0 unspecified atom stereocenters. The smallest absolute Gasteiger partial charge is 0.233 e. The van der Waals surface area contributed by atoms with Crippen molar-refractivity contribution in [2.75, 3.05) is 0 Å². The lowest BCUT2D eigenvalue weighted by Crippen LogP contribution is -2.30. The highest BCUT2D eigenvalue weighted by Gasteiger charge is 2.24. The first kappa shape index (κ1) is 19.5. The van der Waals surface area contributed by atoms with Crippen LogP contribution in [0.3, 0.4) is 0 Å². The van der Waals surface area contributed by atoms with Crippen LogP contribution >= 0.6 is 23.1 Å². The van der Waals surface area contributed by atoms with Gasteiger partial charge in [0.05, 0.1) is 10.6 Å². The summed E-state index contributed by atoms with van der Waals surface area (Å²) in [5.74, 6) is 0.848. The number of hydrogen-bond donors (Lipinski definition) is 1. The van der Waals surface area contributed by atoms with Gasteiger partial charge >= 0.3 is 0 Å². The summed E-state index contributed by atoms with van der Waals surface area (Å²) in [5, 5.41) is 13.6. The van der Waals surface area contributed by atoms with E-state index < -0.39 is 0 Å². The molecule has 1 atom stereocenters. The summed E-state index contributed by atoms with van der Waals surface area (Å²) in [5.41, 5.74) is 3.35. The normalized spacial score (nSPS) is 14.7. The van der Waals surface area contributed by atoms with Crippen molar-refractivity contribution < 1.29 is 4.79 Å². The van der Waals surface area contributed by atoms with Gasteiger partial charge in [0.25, 0.3) is 0 Å². The van der Waals surface area contributed by atoms with E-state index in [0.29, 0.717) is 6.54 Å². The Morgan fingerprint density at radius 3 is 2.87 bits per heavy atom. The van der Waals surface area contributed by atoms with Crippen LogP contribution in [0.4, 0.5) is 0 Å². The number of nitrogens with zero attached hydrogens (tertiary/aromatic N) is 4. The molecule has 3 aromatic heterocycles. The molecule has 3 heterocycles. The molecule has 0 bridgehead atoms. The van der Waals surface area contributed by atoms with Gasteiger partial charge in [-0.05, 0) is 50.7 Å². The number of benzene rings is 1. The maximum Gasteiger partial charge on any atom is 0.233 e. The van der Waals surface area contributed by atoms with E-state index in [1.807, 2.05) is 48.6 Å². The van der Waals surface area contributed by atoms with Crippen LogP contribution in [0.25, 0.3) is 15.9 Å². The monoisotopic (exact) mass is 437 g/mol. The number of nitrogens with one attached hydrogen (secondary N) is 1. The van der Waals surface area contributed by atoms with Crippen LogP contribution in [0.1, 0.15) is 41.6 Å². The van der Waals surface area contributed by atoms with Gasteiger partial charge in [-0.3, -0.25) is 9.20 Å². The number of thioether (sulfide) groups is 1. The summed E-state index contributed by atoms with van der Waals surface area (Å²) in [6.45, 7) is 4.41. The van der Waals surface area contributed by atoms with Crippen LogP contribution in [-0.2, 0) is 24.2 Å². The zero-order valence-electron chi connectivity index (χ0n) is 17.0. The van der Waals surface area contributed by atoms with E-state index in [9.17, 15) is 4.79 Å². The minimum atomic E-state index is -0.285. The maximum atomic E-state index is 12.6. The topological polar surface area (TPSA) is 72.2 Å². The quantitative estimate of drug-likeness (QED) is 0.471. The van der Waals surface area contributed by atoms with Crippen molar-refractivity contribution in [3.8, 4) is 0 Å². The SMILES string of the molecule is Cc1nc2sc3c(c2c2nnc(S[C@@H](C)C(=O)NCc4ccccc4)n12)CCCC3. The molecule has 5 rings (SSSR count). The molecule has 4 aromatic rings. The molecule has 1 aliphatic rings. The third-order valence-electron chi connectivity index (χ3n) is 5.56. The lowest BCUT2D eigenvalue weighted by atomic mass is 9.97. The third-order valence-corrected chi connectivity index (χ3v) is 7.79. The van der Waals surface area contributed by atoms with E-state index in [0.717, 1.165) is 45.2 Å². The molecule has 0 saturated heterocycles. The number of hydrogen-bond acceptors (Lipinski definition) is 6. The fourth-order valence-electron chi connectivity index (χ4n) is 4.00. The molecule has 6 nitrogen and oxygen atoms in total. The molecule has 30 heavy (non-hydrogen) atoms. The second-order valence-electron chi connectivity index (χ2n) is 7.66. The van der Waals surface area contributed by atoms with E-state index >= 15 is 0 Å². The highest BCUT2D eigenvalue weighted by Crippen LogP contribution is 2.38. The number of amides is 1. The molecule has 8 heteroatoms. The van der Waals surface area contributed by atoms with Crippen molar-refractivity contribution in [1.29, 1.82) is 0 Å². The molecule has 0 spiro atoms. The minimum Gasteiger partial charge on any atom is -0.351 e. The molecule has 1 amide bonds. The Hall–Kier alpha value is -2.45. The van der Waals surface area contributed by atoms with Gasteiger partial charge in [-0.25, -0.2) is 4.98 Å². The molecule has 1 aromatic carbocycles. The van der Waals surface area contributed by atoms with Crippen molar-refractivity contribution in [2.24, 2.45) is 0 Å². The first-order valence-corrected chi connectivity index (χ1v) is 12.0. The van der Waals surface area contributed by atoms with Crippen molar-refractivity contribution in [1.82, 2.24) is 24.9 Å². The Kier molecular flexibility index (Phi) is 5.20. The number of aryl methyl sites for hydroxylation is 3. The Balaban J connectivity index is 1.41. The lowest BCUT2D eigenvalue weighted by Gasteiger charge is -2.12. The molecular weight excluding hydrogens is 414 g/mol. The Morgan fingerprint density at radius 1 is 1.23 bits per heavy atom. The van der Waals surface area contributed by atoms with Crippen LogP contribution in [-0.4, -0.2) is 30.7 Å². The predicted molar refractivity (Wildman–Crippen MR) is 121 cm³/mol. The molecule has 0 fully saturated rings. The third kappa shape index (κ3) is 3.48. The highest BCUT2D eigenvalue weighted by atomic mass is 32.2. The Morgan fingerprint density at radius 2 is 2.03 bits per heavy atom. The van der Waals surface area contributed by atoms with Crippen molar-refractivity contribution >= 4 is 44.9 Å². The van der Waals surface area contributed by atoms with E-state index in [4.69, 9.17) is 4.98 Å². The Bertz CT molecular complexity index is 1230. The largest absolute Gasteiger partial charge is 0.351 e. The van der Waals surface area contributed by atoms with Crippen LogP contribution in [0.2, 0.25) is 0 Å². The van der Waals surface area contributed by atoms with Gasteiger partial charge in [-0.1, -0.05) is 42.1 Å². The standard InChI is InChI=1S/C22H23N5OS2/c1-13(20(28)23-12-15-8-4-3-5-9-15)29-22-26-25-19-18-16-10-6-7-11-17(16)30-21(18)24-14(2)27(19)22/h3-5,8-9,13H,6-7,10-12H2,1-2H3,(H,23,28)/t13-/m0/s1. The average molecular weight is 438 g/mol. The van der Waals surface area contributed by atoms with Gasteiger partial charge in [0.15, 0.2) is 10.8 Å². The second kappa shape index (κ2) is 8.00. The number of carbonyl (C=O) groups excluding carboxylic acids is 1. The van der Waals surface area contributed by atoms with Gasteiger partial charge in [-0.2, -0.15) is 0 Å². The molecule has 154 valence electrons. The van der Waals surface area contributed by atoms with Crippen LogP contribution in [0.5, 0.6) is 0 Å². The average Bonchev–Trinajstić information content (AvgIpc) is 3.34. The van der Waals surface area contributed by atoms with E-state index in [1.165, 1.54) is 35.0 Å². The predicted octanol–water partition coefficient (Wildman–Crippen LogP) is 4.32. The number of rotatable bonds is 5. The van der Waals surface area contributed by atoms with Crippen molar-refractivity contribution in [3.63, 3.8) is 0 Å². The number of aromatic nitrogens is 4. The maximum absolute atomic E-state index is 12.6. The molecule has 1 N–H and O–H groups in total. The van der Waals surface area contributed by atoms with E-state index in [2.05, 4.69) is 15.5 Å². The summed E-state index contributed by atoms with van der Waals surface area (Å²) in [4.78, 5) is 20.0. The number of thiophene rings is 1. The first-order chi connectivity index (χ1) is 14.6.